The number of thioether (sulfide) groups is 1. The van der Waals surface area contributed by atoms with E-state index in [1.54, 1.807) is 7.11 Å². The molecular formula is C17H26FNOS. The van der Waals surface area contributed by atoms with Gasteiger partial charge in [0, 0.05) is 17.7 Å². The molecule has 1 N–H and O–H groups in total. The van der Waals surface area contributed by atoms with Gasteiger partial charge in [-0.1, -0.05) is 13.0 Å². The molecule has 2 nitrogen and oxygen atoms in total. The van der Waals surface area contributed by atoms with Crippen LogP contribution in [0.15, 0.2) is 18.2 Å². The van der Waals surface area contributed by atoms with E-state index in [1.807, 2.05) is 23.9 Å². The molecule has 1 fully saturated rings. The van der Waals surface area contributed by atoms with Gasteiger partial charge in [0.2, 0.25) is 0 Å². The molecule has 0 aliphatic carbocycles. The number of halogens is 1. The van der Waals surface area contributed by atoms with Crippen LogP contribution < -0.4 is 10.1 Å². The monoisotopic (exact) mass is 311 g/mol. The summed E-state index contributed by atoms with van der Waals surface area (Å²) in [6, 6.07) is 5.34. The number of nitrogens with one attached hydrogen (secondary N) is 1. The van der Waals surface area contributed by atoms with Crippen LogP contribution >= 0.6 is 11.8 Å². The van der Waals surface area contributed by atoms with Crippen LogP contribution in [0.5, 0.6) is 5.75 Å². The fourth-order valence-corrected chi connectivity index (χ4v) is 4.08. The summed E-state index contributed by atoms with van der Waals surface area (Å²) >= 11 is 2.04. The third-order valence-electron chi connectivity index (χ3n) is 4.13. The van der Waals surface area contributed by atoms with Crippen molar-refractivity contribution in [2.45, 2.75) is 38.6 Å². The number of rotatable bonds is 7. The summed E-state index contributed by atoms with van der Waals surface area (Å²) in [5.41, 5.74) is 0.780. The Kier molecular flexibility index (Phi) is 6.84. The Balaban J connectivity index is 2.10. The summed E-state index contributed by atoms with van der Waals surface area (Å²) in [6.45, 7) is 3.07. The first-order valence-electron chi connectivity index (χ1n) is 7.89. The smallest absolute Gasteiger partial charge is 0.131 e. The first-order chi connectivity index (χ1) is 10.2. The van der Waals surface area contributed by atoms with Crippen molar-refractivity contribution < 1.29 is 9.13 Å². The molecule has 0 bridgehead atoms. The fourth-order valence-electron chi connectivity index (χ4n) is 2.87. The largest absolute Gasteiger partial charge is 0.497 e. The zero-order valence-corrected chi connectivity index (χ0v) is 13.8. The molecule has 1 unspecified atom stereocenters. The minimum atomic E-state index is -0.159. The van der Waals surface area contributed by atoms with Crippen molar-refractivity contribution in [3.05, 3.63) is 29.6 Å². The number of hydrogen-bond donors (Lipinski definition) is 1. The van der Waals surface area contributed by atoms with E-state index >= 15 is 0 Å². The molecule has 1 aliphatic rings. The van der Waals surface area contributed by atoms with Crippen molar-refractivity contribution in [2.75, 3.05) is 25.2 Å². The summed E-state index contributed by atoms with van der Waals surface area (Å²) in [5, 5.41) is 3.52. The second kappa shape index (κ2) is 8.64. The molecule has 118 valence electrons. The molecule has 21 heavy (non-hydrogen) atoms. The van der Waals surface area contributed by atoms with Crippen LogP contribution in [0.25, 0.3) is 0 Å². The number of hydrogen-bond acceptors (Lipinski definition) is 3. The Morgan fingerprint density at radius 1 is 1.38 bits per heavy atom. The quantitative estimate of drug-likeness (QED) is 0.806. The fraction of sp³-hybridized carbons (Fsp3) is 0.647. The van der Waals surface area contributed by atoms with Gasteiger partial charge in [0.1, 0.15) is 11.6 Å². The van der Waals surface area contributed by atoms with Gasteiger partial charge in [0.15, 0.2) is 0 Å². The lowest BCUT2D eigenvalue weighted by Gasteiger charge is -2.27. The van der Waals surface area contributed by atoms with Crippen molar-refractivity contribution in [1.82, 2.24) is 5.32 Å². The van der Waals surface area contributed by atoms with Crippen molar-refractivity contribution in [1.29, 1.82) is 0 Å². The summed E-state index contributed by atoms with van der Waals surface area (Å²) in [7, 11) is 1.57. The van der Waals surface area contributed by atoms with Crippen LogP contribution in [0, 0.1) is 11.7 Å². The van der Waals surface area contributed by atoms with Crippen molar-refractivity contribution in [3.63, 3.8) is 0 Å². The Labute approximate surface area is 131 Å². The second-order valence-corrected chi connectivity index (χ2v) is 6.91. The van der Waals surface area contributed by atoms with Gasteiger partial charge in [-0.15, -0.1) is 0 Å². The summed E-state index contributed by atoms with van der Waals surface area (Å²) in [4.78, 5) is 0. The van der Waals surface area contributed by atoms with E-state index < -0.39 is 0 Å². The Bertz CT molecular complexity index is 435. The molecule has 1 aliphatic heterocycles. The molecule has 1 atom stereocenters. The average molecular weight is 311 g/mol. The Morgan fingerprint density at radius 2 is 2.14 bits per heavy atom. The molecule has 2 rings (SSSR count). The average Bonchev–Trinajstić information content (AvgIpc) is 2.52. The highest BCUT2D eigenvalue weighted by Crippen LogP contribution is 2.32. The van der Waals surface area contributed by atoms with Gasteiger partial charge >= 0.3 is 0 Å². The van der Waals surface area contributed by atoms with Crippen LogP contribution in [0.3, 0.4) is 0 Å². The predicted octanol–water partition coefficient (Wildman–Crippen LogP) is 4.41. The van der Waals surface area contributed by atoms with Gasteiger partial charge in [-0.2, -0.15) is 11.8 Å². The third-order valence-corrected chi connectivity index (χ3v) is 5.18. The molecular weight excluding hydrogens is 285 g/mol. The zero-order chi connectivity index (χ0) is 15.1. The first-order valence-corrected chi connectivity index (χ1v) is 9.04. The predicted molar refractivity (Wildman–Crippen MR) is 88.7 cm³/mol. The Morgan fingerprint density at radius 3 is 2.76 bits per heavy atom. The lowest BCUT2D eigenvalue weighted by Crippen LogP contribution is -2.26. The van der Waals surface area contributed by atoms with Crippen LogP contribution in [-0.2, 0) is 0 Å². The molecule has 0 amide bonds. The van der Waals surface area contributed by atoms with Gasteiger partial charge < -0.3 is 10.1 Å². The molecule has 1 aromatic rings. The summed E-state index contributed by atoms with van der Waals surface area (Å²) in [6.07, 6.45) is 4.61. The summed E-state index contributed by atoms with van der Waals surface area (Å²) < 4.78 is 19.4. The normalized spacial score (nSPS) is 17.7. The second-order valence-electron chi connectivity index (χ2n) is 5.69. The molecule has 1 saturated heterocycles. The van der Waals surface area contributed by atoms with Crippen molar-refractivity contribution >= 4 is 11.8 Å². The topological polar surface area (TPSA) is 21.3 Å². The van der Waals surface area contributed by atoms with Gasteiger partial charge in [0.25, 0.3) is 0 Å². The molecule has 0 saturated carbocycles. The summed E-state index contributed by atoms with van der Waals surface area (Å²) in [5.74, 6) is 3.63. The van der Waals surface area contributed by atoms with Gasteiger partial charge in [-0.3, -0.25) is 0 Å². The number of benzene rings is 1. The van der Waals surface area contributed by atoms with Crippen LogP contribution in [0.4, 0.5) is 4.39 Å². The van der Waals surface area contributed by atoms with Crippen LogP contribution in [-0.4, -0.2) is 25.2 Å². The standard InChI is InChI=1S/C17H26FNOS/c1-3-8-19-17(11-13-6-9-21-10-7-13)15-5-4-14(20-2)12-16(15)18/h4-5,12-13,17,19H,3,6-11H2,1-2H3. The number of methoxy groups -OCH3 is 1. The van der Waals surface area contributed by atoms with Gasteiger partial charge in [-0.25, -0.2) is 4.39 Å². The molecule has 1 aromatic carbocycles. The lowest BCUT2D eigenvalue weighted by atomic mass is 9.90. The van der Waals surface area contributed by atoms with E-state index in [0.29, 0.717) is 11.7 Å². The Hall–Kier alpha value is -0.740. The lowest BCUT2D eigenvalue weighted by molar-refractivity contribution is 0.361. The van der Waals surface area contributed by atoms with Crippen LogP contribution in [0.2, 0.25) is 0 Å². The molecule has 0 aromatic heterocycles. The maximum atomic E-state index is 14.3. The number of ether oxygens (including phenoxy) is 1. The highest BCUT2D eigenvalue weighted by Gasteiger charge is 2.22. The molecule has 0 spiro atoms. The van der Waals surface area contributed by atoms with E-state index in [2.05, 4.69) is 12.2 Å². The third kappa shape index (κ3) is 4.89. The molecule has 0 radical (unpaired) electrons. The van der Waals surface area contributed by atoms with Gasteiger partial charge in [0.05, 0.1) is 7.11 Å². The van der Waals surface area contributed by atoms with E-state index in [4.69, 9.17) is 4.74 Å². The van der Waals surface area contributed by atoms with E-state index in [1.165, 1.54) is 30.4 Å². The van der Waals surface area contributed by atoms with Gasteiger partial charge in [-0.05, 0) is 55.7 Å². The van der Waals surface area contributed by atoms with E-state index in [9.17, 15) is 4.39 Å². The minimum absolute atomic E-state index is 0.115. The minimum Gasteiger partial charge on any atom is -0.497 e. The van der Waals surface area contributed by atoms with Crippen molar-refractivity contribution in [2.24, 2.45) is 5.92 Å². The maximum absolute atomic E-state index is 14.3. The van der Waals surface area contributed by atoms with Crippen LogP contribution in [0.1, 0.15) is 44.2 Å². The SMILES string of the molecule is CCCNC(CC1CCSCC1)c1ccc(OC)cc1F. The highest BCUT2D eigenvalue weighted by molar-refractivity contribution is 7.99. The van der Waals surface area contributed by atoms with Crippen molar-refractivity contribution in [3.8, 4) is 5.75 Å². The van der Waals surface area contributed by atoms with E-state index in [0.717, 1.165) is 24.9 Å². The first kappa shape index (κ1) is 16.6. The zero-order valence-electron chi connectivity index (χ0n) is 13.0. The van der Waals surface area contributed by atoms with E-state index in [-0.39, 0.29) is 11.9 Å². The highest BCUT2D eigenvalue weighted by atomic mass is 32.2. The molecule has 4 heteroatoms. The maximum Gasteiger partial charge on any atom is 0.131 e. The molecule has 1 heterocycles.